The van der Waals surface area contributed by atoms with Gasteiger partial charge in [-0.05, 0) is 24.3 Å². The minimum atomic E-state index is -0.186. The zero-order valence-corrected chi connectivity index (χ0v) is 18.3. The van der Waals surface area contributed by atoms with Gasteiger partial charge in [-0.2, -0.15) is 5.26 Å². The number of hydrogen-bond donors (Lipinski definition) is 1. The molecule has 9 nitrogen and oxygen atoms in total. The summed E-state index contributed by atoms with van der Waals surface area (Å²) in [6, 6.07) is 13.2. The molecule has 1 amide bonds. The van der Waals surface area contributed by atoms with Gasteiger partial charge >= 0.3 is 0 Å². The van der Waals surface area contributed by atoms with Crippen LogP contribution in [0.25, 0.3) is 11.5 Å². The molecule has 0 aliphatic heterocycles. The highest BCUT2D eigenvalue weighted by molar-refractivity contribution is 8.00. The van der Waals surface area contributed by atoms with Gasteiger partial charge in [-0.1, -0.05) is 23.9 Å². The second kappa shape index (κ2) is 10.6. The summed E-state index contributed by atoms with van der Waals surface area (Å²) in [7, 11) is 0. The number of hydrogen-bond acceptors (Lipinski definition) is 9. The van der Waals surface area contributed by atoms with Gasteiger partial charge in [0, 0.05) is 17.3 Å². The van der Waals surface area contributed by atoms with Gasteiger partial charge < -0.3 is 9.73 Å². The minimum absolute atomic E-state index is 0.133. The predicted octanol–water partition coefficient (Wildman–Crippen LogP) is 3.72. The Balaban J connectivity index is 1.49. The highest BCUT2D eigenvalue weighted by Gasteiger charge is 2.18. The van der Waals surface area contributed by atoms with Crippen molar-refractivity contribution in [2.24, 2.45) is 0 Å². The minimum Gasteiger partial charge on any atom is -0.467 e. The van der Waals surface area contributed by atoms with Crippen LogP contribution in [0.4, 0.5) is 5.69 Å². The monoisotopic (exact) mass is 463 g/mol. The Labute approximate surface area is 192 Å². The van der Waals surface area contributed by atoms with E-state index in [1.54, 1.807) is 24.9 Å². The molecule has 4 rings (SSSR count). The maximum atomic E-state index is 12.6. The number of anilines is 1. The van der Waals surface area contributed by atoms with E-state index in [9.17, 15) is 4.79 Å². The summed E-state index contributed by atoms with van der Waals surface area (Å²) in [6.45, 7) is 0.392. The van der Waals surface area contributed by atoms with Gasteiger partial charge in [-0.15, -0.1) is 22.0 Å². The molecule has 0 radical (unpaired) electrons. The van der Waals surface area contributed by atoms with E-state index in [4.69, 9.17) is 9.68 Å². The highest BCUT2D eigenvalue weighted by Crippen LogP contribution is 2.28. The van der Waals surface area contributed by atoms with Gasteiger partial charge in [-0.3, -0.25) is 14.3 Å². The number of thioether (sulfide) groups is 2. The molecule has 1 N–H and O–H groups in total. The quantitative estimate of drug-likeness (QED) is 0.370. The number of nitriles is 1. The Bertz CT molecular complexity index is 1220. The van der Waals surface area contributed by atoms with Gasteiger partial charge in [-0.25, -0.2) is 4.98 Å². The van der Waals surface area contributed by atoms with Crippen LogP contribution < -0.4 is 5.32 Å². The number of rotatable bonds is 9. The van der Waals surface area contributed by atoms with Crippen LogP contribution >= 0.6 is 23.5 Å². The molecule has 0 fully saturated rings. The van der Waals surface area contributed by atoms with E-state index in [0.717, 1.165) is 10.7 Å². The molecule has 0 saturated carbocycles. The number of furan rings is 1. The smallest absolute Gasteiger partial charge is 0.234 e. The Kier molecular flexibility index (Phi) is 7.16. The molecule has 3 heterocycles. The number of carbonyl (C=O) groups excluding carboxylic acids is 1. The van der Waals surface area contributed by atoms with Crippen molar-refractivity contribution in [3.05, 3.63) is 67.0 Å². The van der Waals surface area contributed by atoms with Gasteiger partial charge in [0.25, 0.3) is 0 Å². The molecule has 0 bridgehead atoms. The summed E-state index contributed by atoms with van der Waals surface area (Å²) in [5.41, 5.74) is 1.25. The van der Waals surface area contributed by atoms with Gasteiger partial charge in [0.2, 0.25) is 5.91 Å². The van der Waals surface area contributed by atoms with E-state index in [2.05, 4.69) is 31.6 Å². The van der Waals surface area contributed by atoms with Crippen LogP contribution in [-0.2, 0) is 11.3 Å². The summed E-state index contributed by atoms with van der Waals surface area (Å²) in [5.74, 6) is 1.52. The zero-order chi connectivity index (χ0) is 22.2. The Morgan fingerprint density at radius 1 is 1.16 bits per heavy atom. The third kappa shape index (κ3) is 5.35. The van der Waals surface area contributed by atoms with Crippen molar-refractivity contribution in [2.45, 2.75) is 16.6 Å². The molecule has 1 aromatic carbocycles. The van der Waals surface area contributed by atoms with Crippen molar-refractivity contribution < 1.29 is 9.21 Å². The highest BCUT2D eigenvalue weighted by atomic mass is 32.2. The third-order valence-electron chi connectivity index (χ3n) is 4.19. The van der Waals surface area contributed by atoms with Gasteiger partial charge in [0.1, 0.15) is 11.5 Å². The molecule has 3 aromatic heterocycles. The summed E-state index contributed by atoms with van der Waals surface area (Å²) in [6.07, 6.45) is 6.39. The Hall–Kier alpha value is -3.62. The molecule has 160 valence electrons. The summed E-state index contributed by atoms with van der Waals surface area (Å²) in [4.78, 5) is 21.9. The maximum Gasteiger partial charge on any atom is 0.234 e. The van der Waals surface area contributed by atoms with Crippen LogP contribution in [0.2, 0.25) is 0 Å². The van der Waals surface area contributed by atoms with E-state index in [1.807, 2.05) is 41.0 Å². The number of benzene rings is 1. The second-order valence-corrected chi connectivity index (χ2v) is 8.30. The fourth-order valence-electron chi connectivity index (χ4n) is 2.82. The van der Waals surface area contributed by atoms with Crippen LogP contribution in [0.1, 0.15) is 5.76 Å². The predicted molar refractivity (Wildman–Crippen MR) is 121 cm³/mol. The molecule has 0 saturated heterocycles. The van der Waals surface area contributed by atoms with Crippen molar-refractivity contribution >= 4 is 35.1 Å². The molecule has 0 aliphatic carbocycles. The largest absolute Gasteiger partial charge is 0.467 e. The first kappa shape index (κ1) is 21.6. The van der Waals surface area contributed by atoms with E-state index < -0.39 is 0 Å². The van der Waals surface area contributed by atoms with Crippen LogP contribution in [0.15, 0.2) is 75.7 Å². The molecule has 11 heteroatoms. The zero-order valence-electron chi connectivity index (χ0n) is 16.7. The lowest BCUT2D eigenvalue weighted by Gasteiger charge is -2.10. The number of nitrogens with one attached hydrogen (secondary N) is 1. The number of amides is 1. The molecular formula is C21H17N7O2S2. The molecule has 32 heavy (non-hydrogen) atoms. The first-order valence-electron chi connectivity index (χ1n) is 9.48. The van der Waals surface area contributed by atoms with Crippen LogP contribution in [0.5, 0.6) is 0 Å². The Morgan fingerprint density at radius 3 is 2.84 bits per heavy atom. The first-order chi connectivity index (χ1) is 15.7. The first-order valence-corrected chi connectivity index (χ1v) is 11.4. The van der Waals surface area contributed by atoms with E-state index in [1.165, 1.54) is 23.5 Å². The van der Waals surface area contributed by atoms with Crippen molar-refractivity contribution in [3.63, 3.8) is 0 Å². The van der Waals surface area contributed by atoms with E-state index in [0.29, 0.717) is 34.7 Å². The summed E-state index contributed by atoms with van der Waals surface area (Å²) < 4.78 is 7.32. The van der Waals surface area contributed by atoms with Crippen molar-refractivity contribution in [1.29, 1.82) is 5.26 Å². The van der Waals surface area contributed by atoms with E-state index in [-0.39, 0.29) is 11.7 Å². The summed E-state index contributed by atoms with van der Waals surface area (Å²) in [5, 5.41) is 20.8. The fraction of sp³-hybridized carbons (Fsp3) is 0.143. The number of para-hydroxylation sites is 1. The summed E-state index contributed by atoms with van der Waals surface area (Å²) >= 11 is 2.64. The van der Waals surface area contributed by atoms with Crippen molar-refractivity contribution in [3.8, 4) is 17.6 Å². The number of aromatic nitrogens is 5. The number of carbonyl (C=O) groups is 1. The average Bonchev–Trinajstić information content (AvgIpc) is 3.48. The molecule has 0 atom stereocenters. The van der Waals surface area contributed by atoms with Gasteiger partial charge in [0.15, 0.2) is 11.0 Å². The lowest BCUT2D eigenvalue weighted by molar-refractivity contribution is -0.113. The lowest BCUT2D eigenvalue weighted by Crippen LogP contribution is -2.15. The maximum absolute atomic E-state index is 12.6. The molecule has 4 aromatic rings. The standard InChI is InChI=1S/C21H17N7O2S2/c22-7-11-31-18-6-2-1-5-16(18)25-19(29)14-32-21-27-26-20(17-12-23-8-9-24-17)28(21)13-15-4-3-10-30-15/h1-6,8-10,12H,11,13-14H2,(H,25,29). The number of nitrogens with zero attached hydrogens (tertiary/aromatic N) is 6. The second-order valence-electron chi connectivity index (χ2n) is 6.34. The van der Waals surface area contributed by atoms with Crippen LogP contribution in [-0.4, -0.2) is 42.1 Å². The van der Waals surface area contributed by atoms with Gasteiger partial charge in [0.05, 0.1) is 42.3 Å². The Morgan fingerprint density at radius 2 is 2.06 bits per heavy atom. The molecule has 0 unspecified atom stereocenters. The molecular weight excluding hydrogens is 446 g/mol. The lowest BCUT2D eigenvalue weighted by atomic mass is 10.3. The SMILES string of the molecule is N#CCSc1ccccc1NC(=O)CSc1nnc(-c2cnccn2)n1Cc1ccco1. The van der Waals surface area contributed by atoms with Crippen molar-refractivity contribution in [1.82, 2.24) is 24.7 Å². The van der Waals surface area contributed by atoms with E-state index >= 15 is 0 Å². The fourth-order valence-corrected chi connectivity index (χ4v) is 4.23. The van der Waals surface area contributed by atoms with Crippen LogP contribution in [0.3, 0.4) is 0 Å². The molecule has 0 aliphatic rings. The normalized spacial score (nSPS) is 10.6. The topological polar surface area (TPSA) is 123 Å². The average molecular weight is 464 g/mol. The molecule has 0 spiro atoms. The van der Waals surface area contributed by atoms with Crippen molar-refractivity contribution in [2.75, 3.05) is 16.8 Å². The van der Waals surface area contributed by atoms with Crippen LogP contribution in [0, 0.1) is 11.3 Å². The third-order valence-corrected chi connectivity index (χ3v) is 6.10.